The highest BCUT2D eigenvalue weighted by Crippen LogP contribution is 2.50. The van der Waals surface area contributed by atoms with Gasteiger partial charge in [-0.25, -0.2) is 9.78 Å². The van der Waals surface area contributed by atoms with Gasteiger partial charge in [0.15, 0.2) is 5.65 Å². The first-order chi connectivity index (χ1) is 14.6. The van der Waals surface area contributed by atoms with Gasteiger partial charge in [-0.1, -0.05) is 12.5 Å². The zero-order chi connectivity index (χ0) is 20.4. The first-order valence-electron chi connectivity index (χ1n) is 10.6. The Hall–Kier alpha value is -3.22. The molecule has 3 aromatic heterocycles. The molecule has 0 amide bonds. The molecule has 2 aliphatic rings. The monoisotopic (exact) mass is 400 g/mol. The molecule has 0 saturated heterocycles. The number of aromatic nitrogens is 5. The second kappa shape index (κ2) is 6.39. The summed E-state index contributed by atoms with van der Waals surface area (Å²) >= 11 is 0. The summed E-state index contributed by atoms with van der Waals surface area (Å²) in [6, 6.07) is 8.36. The molecular formula is C23H24N6O. The summed E-state index contributed by atoms with van der Waals surface area (Å²) in [6.07, 6.45) is 8.42. The van der Waals surface area contributed by atoms with Gasteiger partial charge in [-0.2, -0.15) is 4.98 Å². The Morgan fingerprint density at radius 1 is 1.17 bits per heavy atom. The van der Waals surface area contributed by atoms with Gasteiger partial charge in [0.1, 0.15) is 5.52 Å². The Morgan fingerprint density at radius 2 is 2.07 bits per heavy atom. The van der Waals surface area contributed by atoms with E-state index in [2.05, 4.69) is 27.4 Å². The summed E-state index contributed by atoms with van der Waals surface area (Å²) in [5.41, 5.74) is 4.51. The normalized spacial score (nSPS) is 22.9. The van der Waals surface area contributed by atoms with Crippen LogP contribution in [0.1, 0.15) is 37.3 Å². The number of aryl methyl sites for hydroxylation is 2. The number of anilines is 2. The van der Waals surface area contributed by atoms with E-state index < -0.39 is 0 Å². The quantitative estimate of drug-likeness (QED) is 0.560. The van der Waals surface area contributed by atoms with Crippen LogP contribution < -0.4 is 11.0 Å². The number of hydrogen-bond acceptors (Lipinski definition) is 5. The zero-order valence-electron chi connectivity index (χ0n) is 17.2. The molecule has 0 radical (unpaired) electrons. The Kier molecular flexibility index (Phi) is 3.75. The van der Waals surface area contributed by atoms with E-state index in [9.17, 15) is 4.79 Å². The van der Waals surface area contributed by atoms with Crippen LogP contribution in [0.25, 0.3) is 22.1 Å². The van der Waals surface area contributed by atoms with Gasteiger partial charge in [0.25, 0.3) is 0 Å². The van der Waals surface area contributed by atoms with Gasteiger partial charge in [0.2, 0.25) is 5.95 Å². The Balaban J connectivity index is 1.44. The standard InChI is InChI=1S/C23H24N6O/c1-13-8-18-15(4-3-7-24-18)11-17(13)26-22-25-12-20-21(27-22)29(23(30)28(20)2)19-10-14-5-6-16(19)9-14/h3-4,7-8,11-12,14,16,19H,5-6,9-10H2,1-2H3,(H,25,26,27)/t14-,16+,19+/m1/s1. The molecule has 2 aliphatic carbocycles. The summed E-state index contributed by atoms with van der Waals surface area (Å²) < 4.78 is 3.61. The van der Waals surface area contributed by atoms with E-state index in [0.717, 1.165) is 45.7 Å². The molecular weight excluding hydrogens is 376 g/mol. The number of imidazole rings is 1. The van der Waals surface area contributed by atoms with Crippen LogP contribution in [0.15, 0.2) is 41.5 Å². The largest absolute Gasteiger partial charge is 0.330 e. The van der Waals surface area contributed by atoms with Crippen LogP contribution in [-0.2, 0) is 7.05 Å². The number of benzene rings is 1. The first-order valence-corrected chi connectivity index (χ1v) is 10.6. The molecule has 7 nitrogen and oxygen atoms in total. The van der Waals surface area contributed by atoms with Crippen molar-refractivity contribution in [2.75, 3.05) is 5.32 Å². The average Bonchev–Trinajstić information content (AvgIpc) is 3.43. The maximum Gasteiger partial charge on any atom is 0.330 e. The summed E-state index contributed by atoms with van der Waals surface area (Å²) in [7, 11) is 1.81. The van der Waals surface area contributed by atoms with Crippen molar-refractivity contribution in [3.8, 4) is 0 Å². The number of rotatable bonds is 3. The molecule has 7 heteroatoms. The number of hydrogen-bond donors (Lipinski definition) is 1. The third-order valence-electron chi connectivity index (χ3n) is 7.06. The molecule has 3 atom stereocenters. The first kappa shape index (κ1) is 17.6. The minimum atomic E-state index is 0.0157. The van der Waals surface area contributed by atoms with Gasteiger partial charge in [-0.05, 0) is 61.8 Å². The molecule has 30 heavy (non-hydrogen) atoms. The van der Waals surface area contributed by atoms with E-state index in [0.29, 0.717) is 11.9 Å². The van der Waals surface area contributed by atoms with Crippen molar-refractivity contribution >= 4 is 33.7 Å². The number of nitrogens with one attached hydrogen (secondary N) is 1. The van der Waals surface area contributed by atoms with Crippen molar-refractivity contribution in [1.82, 2.24) is 24.1 Å². The van der Waals surface area contributed by atoms with Gasteiger partial charge >= 0.3 is 5.69 Å². The van der Waals surface area contributed by atoms with Crippen molar-refractivity contribution in [3.63, 3.8) is 0 Å². The highest BCUT2D eigenvalue weighted by molar-refractivity contribution is 5.85. The summed E-state index contributed by atoms with van der Waals surface area (Å²) in [5.74, 6) is 1.87. The van der Waals surface area contributed by atoms with Gasteiger partial charge in [-0.15, -0.1) is 0 Å². The molecule has 0 aliphatic heterocycles. The molecule has 0 unspecified atom stereocenters. The van der Waals surface area contributed by atoms with Gasteiger partial charge in [0, 0.05) is 30.4 Å². The van der Waals surface area contributed by atoms with E-state index in [1.54, 1.807) is 17.0 Å². The minimum Gasteiger partial charge on any atom is -0.324 e. The summed E-state index contributed by atoms with van der Waals surface area (Å²) in [5, 5.41) is 4.42. The lowest BCUT2D eigenvalue weighted by Crippen LogP contribution is -2.29. The van der Waals surface area contributed by atoms with Gasteiger partial charge < -0.3 is 5.32 Å². The number of fused-ring (bicyclic) bond motifs is 4. The Bertz CT molecular complexity index is 1350. The molecule has 1 aromatic carbocycles. The van der Waals surface area contributed by atoms with Crippen LogP contribution >= 0.6 is 0 Å². The van der Waals surface area contributed by atoms with E-state index in [1.165, 1.54) is 19.3 Å². The van der Waals surface area contributed by atoms with Crippen molar-refractivity contribution in [3.05, 3.63) is 52.7 Å². The predicted molar refractivity (Wildman–Crippen MR) is 117 cm³/mol. The topological polar surface area (TPSA) is 77.6 Å². The maximum absolute atomic E-state index is 13.1. The fourth-order valence-electron chi connectivity index (χ4n) is 5.50. The van der Waals surface area contributed by atoms with Crippen LogP contribution in [0.3, 0.4) is 0 Å². The van der Waals surface area contributed by atoms with E-state index in [4.69, 9.17) is 4.98 Å². The number of pyridine rings is 1. The molecule has 2 saturated carbocycles. The third kappa shape index (κ3) is 2.57. The molecule has 0 spiro atoms. The maximum atomic E-state index is 13.1. The smallest absolute Gasteiger partial charge is 0.324 e. The van der Waals surface area contributed by atoms with Crippen molar-refractivity contribution in [2.24, 2.45) is 18.9 Å². The Labute approximate surface area is 173 Å². The number of nitrogens with zero attached hydrogens (tertiary/aromatic N) is 5. The fourth-order valence-corrected chi connectivity index (χ4v) is 5.50. The molecule has 2 bridgehead atoms. The molecule has 4 aromatic rings. The van der Waals surface area contributed by atoms with Crippen LogP contribution in [-0.4, -0.2) is 24.1 Å². The van der Waals surface area contributed by atoms with Gasteiger partial charge in [-0.3, -0.25) is 14.1 Å². The second-order valence-corrected chi connectivity index (χ2v) is 8.84. The molecule has 3 heterocycles. The molecule has 6 rings (SSSR count). The zero-order valence-corrected chi connectivity index (χ0v) is 17.2. The van der Waals surface area contributed by atoms with Crippen LogP contribution in [0, 0.1) is 18.8 Å². The lowest BCUT2D eigenvalue weighted by Gasteiger charge is -2.22. The van der Waals surface area contributed by atoms with Crippen LogP contribution in [0.2, 0.25) is 0 Å². The minimum absolute atomic E-state index is 0.0157. The predicted octanol–water partition coefficient (Wildman–Crippen LogP) is 4.09. The summed E-state index contributed by atoms with van der Waals surface area (Å²) in [6.45, 7) is 2.04. The lowest BCUT2D eigenvalue weighted by molar-refractivity contribution is 0.327. The van der Waals surface area contributed by atoms with E-state index in [1.807, 2.05) is 30.7 Å². The van der Waals surface area contributed by atoms with Crippen molar-refractivity contribution < 1.29 is 0 Å². The average molecular weight is 400 g/mol. The highest BCUT2D eigenvalue weighted by Gasteiger charge is 2.42. The van der Waals surface area contributed by atoms with E-state index in [-0.39, 0.29) is 11.7 Å². The molecule has 152 valence electrons. The fraction of sp³-hybridized carbons (Fsp3) is 0.391. The third-order valence-corrected chi connectivity index (χ3v) is 7.06. The van der Waals surface area contributed by atoms with Crippen molar-refractivity contribution in [2.45, 2.75) is 38.6 Å². The van der Waals surface area contributed by atoms with Crippen molar-refractivity contribution in [1.29, 1.82) is 0 Å². The second-order valence-electron chi connectivity index (χ2n) is 8.84. The van der Waals surface area contributed by atoms with Crippen LogP contribution in [0.5, 0.6) is 0 Å². The SMILES string of the molecule is Cc1cc2ncccc2cc1Nc1ncc2c(n1)n([C@H]1C[C@@H]3CC[C@H]1C3)c(=O)n2C. The Morgan fingerprint density at radius 3 is 2.87 bits per heavy atom. The molecule has 1 N–H and O–H groups in total. The molecule has 2 fully saturated rings. The summed E-state index contributed by atoms with van der Waals surface area (Å²) in [4.78, 5) is 26.8. The van der Waals surface area contributed by atoms with Crippen LogP contribution in [0.4, 0.5) is 11.6 Å². The van der Waals surface area contributed by atoms with E-state index >= 15 is 0 Å². The lowest BCUT2D eigenvalue weighted by atomic mass is 9.95. The highest BCUT2D eigenvalue weighted by atomic mass is 16.1. The van der Waals surface area contributed by atoms with Gasteiger partial charge in [0.05, 0.1) is 11.7 Å².